The molecule has 1 aromatic heterocycles. The molecule has 2 heterocycles. The first kappa shape index (κ1) is 19.9. The summed E-state index contributed by atoms with van der Waals surface area (Å²) in [6.07, 6.45) is 1.18. The SMILES string of the molecule is CC.Cc1ccc2c(c1)[C@@]1(C[C@H]1F)CN(CC(=O)Nc1ncc(F)cn1)C2=O.[HH]. The first-order chi connectivity index (χ1) is 13.4. The van der Waals surface area contributed by atoms with E-state index in [4.69, 9.17) is 0 Å². The maximum atomic E-state index is 14.2. The Hall–Kier alpha value is -2.90. The number of aryl methyl sites for hydroxylation is 1. The van der Waals surface area contributed by atoms with E-state index in [1.165, 1.54) is 4.90 Å². The lowest BCUT2D eigenvalue weighted by Crippen LogP contribution is -2.47. The molecule has 2 amide bonds. The maximum absolute atomic E-state index is 14.2. The lowest BCUT2D eigenvalue weighted by atomic mass is 9.85. The third-order valence-electron chi connectivity index (χ3n) is 4.89. The van der Waals surface area contributed by atoms with Crippen molar-refractivity contribution in [2.24, 2.45) is 0 Å². The first-order valence-corrected chi connectivity index (χ1v) is 9.21. The summed E-state index contributed by atoms with van der Waals surface area (Å²) in [4.78, 5) is 33.6. The Bertz CT molecular complexity index is 910. The Kier molecular flexibility index (Phi) is 5.40. The van der Waals surface area contributed by atoms with Gasteiger partial charge in [0.1, 0.15) is 12.7 Å². The fraction of sp³-hybridized carbons (Fsp3) is 0.400. The van der Waals surface area contributed by atoms with Crippen molar-refractivity contribution in [2.45, 2.75) is 38.8 Å². The number of fused-ring (bicyclic) bond motifs is 2. The fourth-order valence-electron chi connectivity index (χ4n) is 3.47. The molecule has 0 radical (unpaired) electrons. The monoisotopic (exact) mass is 390 g/mol. The zero-order chi connectivity index (χ0) is 20.5. The molecule has 1 aliphatic heterocycles. The van der Waals surface area contributed by atoms with Crippen molar-refractivity contribution in [1.82, 2.24) is 14.9 Å². The molecule has 1 fully saturated rings. The van der Waals surface area contributed by atoms with Gasteiger partial charge in [-0.1, -0.05) is 31.5 Å². The van der Waals surface area contributed by atoms with Gasteiger partial charge in [0.2, 0.25) is 11.9 Å². The van der Waals surface area contributed by atoms with Gasteiger partial charge < -0.3 is 4.90 Å². The number of hydrogen-bond donors (Lipinski definition) is 1. The number of nitrogens with zero attached hydrogens (tertiary/aromatic N) is 3. The highest BCUT2D eigenvalue weighted by atomic mass is 19.1. The third-order valence-corrected chi connectivity index (χ3v) is 4.89. The number of carbonyl (C=O) groups excluding carboxylic acids is 2. The highest BCUT2D eigenvalue weighted by Crippen LogP contribution is 2.54. The number of amides is 2. The quantitative estimate of drug-likeness (QED) is 0.873. The minimum Gasteiger partial charge on any atom is -0.328 e. The van der Waals surface area contributed by atoms with E-state index in [9.17, 15) is 18.4 Å². The van der Waals surface area contributed by atoms with Gasteiger partial charge in [-0.3, -0.25) is 14.9 Å². The molecule has 6 nitrogen and oxygen atoms in total. The van der Waals surface area contributed by atoms with E-state index >= 15 is 0 Å². The summed E-state index contributed by atoms with van der Waals surface area (Å²) in [6.45, 7) is 5.80. The third kappa shape index (κ3) is 3.58. The van der Waals surface area contributed by atoms with Gasteiger partial charge in [-0.15, -0.1) is 0 Å². The molecule has 1 spiro atoms. The highest BCUT2D eigenvalue weighted by Gasteiger charge is 2.61. The first-order valence-electron chi connectivity index (χ1n) is 9.21. The Morgan fingerprint density at radius 3 is 2.61 bits per heavy atom. The molecule has 8 heteroatoms. The second-order valence-electron chi connectivity index (χ2n) is 6.81. The van der Waals surface area contributed by atoms with E-state index in [0.717, 1.165) is 23.5 Å². The van der Waals surface area contributed by atoms with E-state index in [2.05, 4.69) is 15.3 Å². The topological polar surface area (TPSA) is 75.2 Å². The van der Waals surface area contributed by atoms with E-state index < -0.39 is 23.3 Å². The van der Waals surface area contributed by atoms with Crippen LogP contribution in [0.3, 0.4) is 0 Å². The van der Waals surface area contributed by atoms with Gasteiger partial charge in [0.15, 0.2) is 5.82 Å². The van der Waals surface area contributed by atoms with Crippen LogP contribution in [-0.2, 0) is 10.2 Å². The average molecular weight is 390 g/mol. The number of anilines is 1. The standard InChI is InChI=1S/C18H16F2N4O2.C2H6.H2/c1-10-2-3-12-13(4-10)18(5-14(18)20)9-24(16(12)26)8-15(25)23-17-21-6-11(19)7-22-17;1-2;/h2-4,6-7,14H,5,8-9H2,1H3,(H,21,22,23,25);1-2H3;1H/t14-,18-;;/m1../s1. The number of carbonyl (C=O) groups is 2. The van der Waals surface area contributed by atoms with Crippen LogP contribution in [0, 0.1) is 12.7 Å². The fourth-order valence-corrected chi connectivity index (χ4v) is 3.47. The van der Waals surface area contributed by atoms with E-state index in [1.807, 2.05) is 26.8 Å². The number of nitrogens with one attached hydrogen (secondary N) is 1. The largest absolute Gasteiger partial charge is 0.328 e. The molecule has 0 saturated heterocycles. The summed E-state index contributed by atoms with van der Waals surface area (Å²) in [6, 6.07) is 5.35. The van der Waals surface area contributed by atoms with Crippen LogP contribution >= 0.6 is 0 Å². The number of halogens is 2. The van der Waals surface area contributed by atoms with Crippen LogP contribution in [0.15, 0.2) is 30.6 Å². The van der Waals surface area contributed by atoms with Crippen LogP contribution in [0.4, 0.5) is 14.7 Å². The van der Waals surface area contributed by atoms with Gasteiger partial charge in [0.25, 0.3) is 5.91 Å². The summed E-state index contributed by atoms with van der Waals surface area (Å²) >= 11 is 0. The van der Waals surface area contributed by atoms with E-state index in [1.54, 1.807) is 12.1 Å². The average Bonchev–Trinajstić information content (AvgIpc) is 3.33. The molecule has 1 saturated carbocycles. The van der Waals surface area contributed by atoms with Crippen molar-refractivity contribution >= 4 is 17.8 Å². The number of hydrogen-bond acceptors (Lipinski definition) is 4. The van der Waals surface area contributed by atoms with Gasteiger partial charge in [-0.05, 0) is 25.0 Å². The van der Waals surface area contributed by atoms with Crippen molar-refractivity contribution < 1.29 is 19.8 Å². The Labute approximate surface area is 163 Å². The minimum absolute atomic E-state index is 0. The molecule has 2 atom stereocenters. The van der Waals surface area contributed by atoms with Crippen molar-refractivity contribution in [3.63, 3.8) is 0 Å². The number of aromatic nitrogens is 2. The lowest BCUT2D eigenvalue weighted by Gasteiger charge is -2.34. The molecule has 28 heavy (non-hydrogen) atoms. The minimum atomic E-state index is -1.03. The smallest absolute Gasteiger partial charge is 0.254 e. The van der Waals surface area contributed by atoms with Gasteiger partial charge in [-0.25, -0.2) is 18.7 Å². The molecule has 2 aliphatic rings. The molecular weight excluding hydrogens is 366 g/mol. The van der Waals surface area contributed by atoms with Crippen LogP contribution in [0.25, 0.3) is 0 Å². The van der Waals surface area contributed by atoms with Crippen LogP contribution < -0.4 is 5.32 Å². The molecule has 1 N–H and O–H groups in total. The summed E-state index contributed by atoms with van der Waals surface area (Å²) in [5.41, 5.74) is 1.41. The summed E-state index contributed by atoms with van der Waals surface area (Å²) < 4.78 is 27.0. The predicted molar refractivity (Wildman–Crippen MR) is 102 cm³/mol. The van der Waals surface area contributed by atoms with E-state index in [0.29, 0.717) is 12.0 Å². The van der Waals surface area contributed by atoms with Gasteiger partial charge >= 0.3 is 0 Å². The van der Waals surface area contributed by atoms with Crippen molar-refractivity contribution in [3.8, 4) is 0 Å². The number of rotatable bonds is 3. The van der Waals surface area contributed by atoms with Crippen molar-refractivity contribution in [1.29, 1.82) is 0 Å². The van der Waals surface area contributed by atoms with Crippen molar-refractivity contribution in [2.75, 3.05) is 18.4 Å². The zero-order valence-corrected chi connectivity index (χ0v) is 16.0. The van der Waals surface area contributed by atoms with Gasteiger partial charge in [0.05, 0.1) is 12.4 Å². The Balaban J connectivity index is 0.000000970. The van der Waals surface area contributed by atoms with Crippen LogP contribution in [0.2, 0.25) is 0 Å². The molecule has 2 aromatic rings. The normalized spacial score (nSPS) is 22.2. The molecule has 0 bridgehead atoms. The summed E-state index contributed by atoms with van der Waals surface area (Å²) in [7, 11) is 0. The van der Waals surface area contributed by atoms with Crippen LogP contribution in [-0.4, -0.2) is 45.9 Å². The maximum Gasteiger partial charge on any atom is 0.254 e. The van der Waals surface area contributed by atoms with E-state index in [-0.39, 0.29) is 26.4 Å². The summed E-state index contributed by atoms with van der Waals surface area (Å²) in [5, 5.41) is 2.41. The Morgan fingerprint density at radius 1 is 1.36 bits per heavy atom. The van der Waals surface area contributed by atoms with Crippen LogP contribution in [0.5, 0.6) is 0 Å². The molecule has 4 rings (SSSR count). The second-order valence-corrected chi connectivity index (χ2v) is 6.81. The van der Waals surface area contributed by atoms with Gasteiger partial charge in [-0.2, -0.15) is 0 Å². The Morgan fingerprint density at radius 2 is 2.00 bits per heavy atom. The molecule has 150 valence electrons. The summed E-state index contributed by atoms with van der Waals surface area (Å²) in [5.74, 6) is -1.50. The van der Waals surface area contributed by atoms with Gasteiger partial charge in [0, 0.05) is 18.9 Å². The van der Waals surface area contributed by atoms with Crippen LogP contribution in [0.1, 0.15) is 43.2 Å². The number of benzene rings is 1. The second kappa shape index (κ2) is 7.61. The molecule has 0 unspecified atom stereocenters. The lowest BCUT2D eigenvalue weighted by molar-refractivity contribution is -0.117. The molecule has 1 aromatic carbocycles. The van der Waals surface area contributed by atoms with Crippen molar-refractivity contribution in [3.05, 3.63) is 53.1 Å². The highest BCUT2D eigenvalue weighted by molar-refractivity contribution is 6.01. The molecule has 1 aliphatic carbocycles. The number of alkyl halides is 1. The zero-order valence-electron chi connectivity index (χ0n) is 16.0. The predicted octanol–water partition coefficient (Wildman–Crippen LogP) is 3.27. The molecular formula is C20H24F2N4O2.